The largest absolute Gasteiger partial charge is 0.468 e. The summed E-state index contributed by atoms with van der Waals surface area (Å²) < 4.78 is 5.60. The molecule has 1 amide bonds. The molecule has 1 aliphatic carbocycles. The maximum absolute atomic E-state index is 12.6. The van der Waals surface area contributed by atoms with Crippen LogP contribution in [0.5, 0.6) is 0 Å². The number of aryl methyl sites for hydroxylation is 1. The number of likely N-dealkylation sites (tertiary alicyclic amines) is 1. The Morgan fingerprint density at radius 3 is 2.84 bits per heavy atom. The van der Waals surface area contributed by atoms with E-state index in [2.05, 4.69) is 20.2 Å². The van der Waals surface area contributed by atoms with Crippen LogP contribution >= 0.6 is 0 Å². The Balaban J connectivity index is 1.44. The first kappa shape index (κ1) is 16.3. The second kappa shape index (κ2) is 6.96. The summed E-state index contributed by atoms with van der Waals surface area (Å²) in [4.78, 5) is 23.9. The lowest BCUT2D eigenvalue weighted by molar-refractivity contribution is 0.0932. The third-order valence-electron chi connectivity index (χ3n) is 5.09. The van der Waals surface area contributed by atoms with Crippen LogP contribution in [0.3, 0.4) is 0 Å². The number of nitrogens with zero attached hydrogens (tertiary/aromatic N) is 3. The summed E-state index contributed by atoms with van der Waals surface area (Å²) in [5.41, 5.74) is 1.31. The van der Waals surface area contributed by atoms with E-state index in [0.29, 0.717) is 18.0 Å². The molecule has 0 unspecified atom stereocenters. The predicted octanol–water partition coefficient (Wildman–Crippen LogP) is 2.82. The number of rotatable bonds is 6. The molecule has 1 saturated carbocycles. The van der Waals surface area contributed by atoms with Crippen LogP contribution in [-0.4, -0.2) is 40.4 Å². The van der Waals surface area contributed by atoms with E-state index in [1.807, 2.05) is 19.1 Å². The van der Waals surface area contributed by atoms with Crippen LogP contribution in [0.1, 0.15) is 65.3 Å². The van der Waals surface area contributed by atoms with E-state index in [0.717, 1.165) is 43.2 Å². The molecule has 6 heteroatoms. The summed E-state index contributed by atoms with van der Waals surface area (Å²) in [5, 5.41) is 3.05. The molecule has 1 saturated heterocycles. The van der Waals surface area contributed by atoms with Crippen LogP contribution in [0, 0.1) is 6.92 Å². The minimum absolute atomic E-state index is 0.0772. The summed E-state index contributed by atoms with van der Waals surface area (Å²) in [7, 11) is 0. The van der Waals surface area contributed by atoms with Gasteiger partial charge >= 0.3 is 0 Å². The molecule has 2 aromatic heterocycles. The van der Waals surface area contributed by atoms with Gasteiger partial charge in [0.05, 0.1) is 23.6 Å². The van der Waals surface area contributed by atoms with Crippen LogP contribution in [0.25, 0.3) is 0 Å². The molecule has 6 nitrogen and oxygen atoms in total. The highest BCUT2D eigenvalue weighted by Crippen LogP contribution is 2.37. The number of nitrogens with one attached hydrogen (secondary N) is 1. The minimum Gasteiger partial charge on any atom is -0.468 e. The minimum atomic E-state index is -0.115. The van der Waals surface area contributed by atoms with Crippen LogP contribution in [0.15, 0.2) is 29.0 Å². The standard InChI is InChI=1S/C19H24N4O2/c1-13-15(11-20-18(22-13)14-6-7-14)19(24)21-12-16(17-5-4-10-25-17)23-8-2-3-9-23/h4-5,10-11,14,16H,2-3,6-9,12H2,1H3,(H,21,24)/t16-/m0/s1. The zero-order valence-electron chi connectivity index (χ0n) is 14.6. The number of aromatic nitrogens is 2. The molecule has 0 radical (unpaired) electrons. The smallest absolute Gasteiger partial charge is 0.254 e. The maximum Gasteiger partial charge on any atom is 0.254 e. The Labute approximate surface area is 147 Å². The van der Waals surface area contributed by atoms with Crippen molar-refractivity contribution < 1.29 is 9.21 Å². The van der Waals surface area contributed by atoms with Gasteiger partial charge in [0.15, 0.2) is 0 Å². The summed E-state index contributed by atoms with van der Waals surface area (Å²) in [6.45, 7) is 4.49. The van der Waals surface area contributed by atoms with Crippen molar-refractivity contribution in [2.24, 2.45) is 0 Å². The van der Waals surface area contributed by atoms with Crippen molar-refractivity contribution in [3.8, 4) is 0 Å². The van der Waals surface area contributed by atoms with Gasteiger partial charge in [-0.3, -0.25) is 9.69 Å². The lowest BCUT2D eigenvalue weighted by atomic mass is 10.1. The Kier molecular flexibility index (Phi) is 4.53. The van der Waals surface area contributed by atoms with E-state index in [1.165, 1.54) is 12.8 Å². The fourth-order valence-corrected chi connectivity index (χ4v) is 3.47. The summed E-state index contributed by atoms with van der Waals surface area (Å²) in [6.07, 6.45) is 8.07. The van der Waals surface area contributed by atoms with E-state index in [4.69, 9.17) is 4.42 Å². The SMILES string of the molecule is Cc1nc(C2CC2)ncc1C(=O)NC[C@@H](c1ccco1)N1CCCC1. The number of hydrogen-bond donors (Lipinski definition) is 1. The summed E-state index contributed by atoms with van der Waals surface area (Å²) in [6, 6.07) is 3.95. The van der Waals surface area contributed by atoms with Gasteiger partial charge in [-0.1, -0.05) is 0 Å². The lowest BCUT2D eigenvalue weighted by Crippen LogP contribution is -2.37. The molecular formula is C19H24N4O2. The number of carbonyl (C=O) groups excluding carboxylic acids is 1. The van der Waals surface area contributed by atoms with Gasteiger partial charge in [-0.15, -0.1) is 0 Å². The monoisotopic (exact) mass is 340 g/mol. The first-order valence-corrected chi connectivity index (χ1v) is 9.11. The first-order chi connectivity index (χ1) is 12.2. The predicted molar refractivity (Wildman–Crippen MR) is 93.3 cm³/mol. The number of hydrogen-bond acceptors (Lipinski definition) is 5. The highest BCUT2D eigenvalue weighted by molar-refractivity contribution is 5.94. The molecule has 0 spiro atoms. The number of furan rings is 1. The zero-order valence-corrected chi connectivity index (χ0v) is 14.6. The fourth-order valence-electron chi connectivity index (χ4n) is 3.47. The van der Waals surface area contributed by atoms with Crippen LogP contribution < -0.4 is 5.32 Å². The Morgan fingerprint density at radius 2 is 2.20 bits per heavy atom. The second-order valence-corrected chi connectivity index (χ2v) is 6.99. The van der Waals surface area contributed by atoms with Gasteiger partial charge in [-0.25, -0.2) is 9.97 Å². The molecule has 4 rings (SSSR count). The topological polar surface area (TPSA) is 71.3 Å². The van der Waals surface area contributed by atoms with Gasteiger partial charge < -0.3 is 9.73 Å². The van der Waals surface area contributed by atoms with E-state index in [-0.39, 0.29) is 11.9 Å². The van der Waals surface area contributed by atoms with E-state index in [9.17, 15) is 4.79 Å². The molecular weight excluding hydrogens is 316 g/mol. The molecule has 1 aliphatic heterocycles. The fraction of sp³-hybridized carbons (Fsp3) is 0.526. The van der Waals surface area contributed by atoms with Crippen molar-refractivity contribution in [3.63, 3.8) is 0 Å². The molecule has 0 aromatic carbocycles. The third kappa shape index (κ3) is 3.58. The molecule has 2 aliphatic rings. The van der Waals surface area contributed by atoms with Crippen LogP contribution in [-0.2, 0) is 0 Å². The number of amides is 1. The Hall–Kier alpha value is -2.21. The van der Waals surface area contributed by atoms with Gasteiger partial charge in [-0.2, -0.15) is 0 Å². The van der Waals surface area contributed by atoms with Crippen molar-refractivity contribution in [2.75, 3.05) is 19.6 Å². The Bertz CT molecular complexity index is 734. The molecule has 2 aromatic rings. The van der Waals surface area contributed by atoms with Gasteiger partial charge in [-0.05, 0) is 57.8 Å². The lowest BCUT2D eigenvalue weighted by Gasteiger charge is -2.26. The average Bonchev–Trinajstić information content (AvgIpc) is 3.09. The quantitative estimate of drug-likeness (QED) is 0.875. The van der Waals surface area contributed by atoms with E-state index < -0.39 is 0 Å². The van der Waals surface area contributed by atoms with Gasteiger partial charge in [0.1, 0.15) is 11.6 Å². The highest BCUT2D eigenvalue weighted by atomic mass is 16.3. The molecule has 132 valence electrons. The number of carbonyl (C=O) groups is 1. The van der Waals surface area contributed by atoms with Crippen molar-refractivity contribution in [2.45, 2.75) is 44.6 Å². The van der Waals surface area contributed by atoms with Crippen molar-refractivity contribution >= 4 is 5.91 Å². The van der Waals surface area contributed by atoms with Gasteiger partial charge in [0, 0.05) is 18.7 Å². The zero-order chi connectivity index (χ0) is 17.2. The van der Waals surface area contributed by atoms with Gasteiger partial charge in [0.25, 0.3) is 5.91 Å². The summed E-state index contributed by atoms with van der Waals surface area (Å²) in [5.74, 6) is 2.16. The average molecular weight is 340 g/mol. The molecule has 1 atom stereocenters. The van der Waals surface area contributed by atoms with Crippen molar-refractivity contribution in [3.05, 3.63) is 47.4 Å². The van der Waals surface area contributed by atoms with Crippen molar-refractivity contribution in [1.82, 2.24) is 20.2 Å². The third-order valence-corrected chi connectivity index (χ3v) is 5.09. The molecule has 1 N–H and O–H groups in total. The molecule has 25 heavy (non-hydrogen) atoms. The maximum atomic E-state index is 12.6. The van der Waals surface area contributed by atoms with Crippen molar-refractivity contribution in [1.29, 1.82) is 0 Å². The molecule has 3 heterocycles. The van der Waals surface area contributed by atoms with E-state index in [1.54, 1.807) is 12.5 Å². The van der Waals surface area contributed by atoms with Gasteiger partial charge in [0.2, 0.25) is 0 Å². The summed E-state index contributed by atoms with van der Waals surface area (Å²) >= 11 is 0. The second-order valence-electron chi connectivity index (χ2n) is 6.99. The molecule has 2 fully saturated rings. The first-order valence-electron chi connectivity index (χ1n) is 9.11. The van der Waals surface area contributed by atoms with Crippen LogP contribution in [0.2, 0.25) is 0 Å². The Morgan fingerprint density at radius 1 is 1.40 bits per heavy atom. The van der Waals surface area contributed by atoms with Crippen LogP contribution in [0.4, 0.5) is 0 Å². The van der Waals surface area contributed by atoms with E-state index >= 15 is 0 Å². The highest BCUT2D eigenvalue weighted by Gasteiger charge is 2.28. The molecule has 0 bridgehead atoms. The normalized spacial score (nSPS) is 19.1.